The molecule has 0 radical (unpaired) electrons. The Morgan fingerprint density at radius 3 is 2.73 bits per heavy atom. The van der Waals surface area contributed by atoms with Crippen LogP contribution in [-0.2, 0) is 9.59 Å². The largest absolute Gasteiger partial charge is 0.496 e. The highest BCUT2D eigenvalue weighted by atomic mass is 35.5. The Morgan fingerprint density at radius 2 is 2.00 bits per heavy atom. The Labute approximate surface area is 201 Å². The fourth-order valence-corrected chi connectivity index (χ4v) is 5.11. The molecule has 4 rings (SSSR count). The van der Waals surface area contributed by atoms with Crippen LogP contribution in [0.1, 0.15) is 30.7 Å². The fourth-order valence-electron chi connectivity index (χ4n) is 4.12. The quantitative estimate of drug-likeness (QED) is 0.595. The van der Waals surface area contributed by atoms with Crippen molar-refractivity contribution in [2.75, 3.05) is 18.2 Å². The number of nitriles is 1. The zero-order valence-corrected chi connectivity index (χ0v) is 19.6. The minimum atomic E-state index is -0.531. The lowest BCUT2D eigenvalue weighted by Gasteiger charge is -2.33. The Hall–Kier alpha value is -3.21. The number of hydrogen-bond donors (Lipinski definition) is 2. The number of methoxy groups -OCH3 is 1. The molecule has 0 saturated carbocycles. The van der Waals surface area contributed by atoms with Crippen LogP contribution in [0, 0.1) is 11.3 Å². The van der Waals surface area contributed by atoms with Gasteiger partial charge in [-0.2, -0.15) is 5.26 Å². The van der Waals surface area contributed by atoms with Gasteiger partial charge in [0.05, 0.1) is 35.5 Å². The van der Waals surface area contributed by atoms with E-state index in [0.29, 0.717) is 45.5 Å². The molecule has 1 unspecified atom stereocenters. The van der Waals surface area contributed by atoms with Gasteiger partial charge in [-0.05, 0) is 43.2 Å². The first kappa shape index (κ1) is 23.0. The summed E-state index contributed by atoms with van der Waals surface area (Å²) in [6, 6.07) is 16.6. The summed E-state index contributed by atoms with van der Waals surface area (Å²) in [4.78, 5) is 25.5. The van der Waals surface area contributed by atoms with E-state index < -0.39 is 5.92 Å². The van der Waals surface area contributed by atoms with Crippen molar-refractivity contribution in [1.82, 2.24) is 5.32 Å². The summed E-state index contributed by atoms with van der Waals surface area (Å²) in [7, 11) is 1.57. The molecule has 0 saturated heterocycles. The predicted octanol–water partition coefficient (Wildman–Crippen LogP) is 5.15. The number of allylic oxidation sites excluding steroid dienone is 3. The third-order valence-electron chi connectivity index (χ3n) is 5.59. The minimum Gasteiger partial charge on any atom is -0.496 e. The van der Waals surface area contributed by atoms with Crippen molar-refractivity contribution < 1.29 is 14.3 Å². The highest BCUT2D eigenvalue weighted by Crippen LogP contribution is 2.46. The standard InChI is InChI=1S/C25H22ClN3O3S/c1-32-21-8-3-2-5-17(21)23-18(13-27)25(29-19-6-4-7-20(30)24(19)23)33-14-22(31)28-16-11-9-15(26)10-12-16/h2-3,5,8-12,23,29H,4,6-7,14H2,1H3,(H,28,31). The molecule has 0 bridgehead atoms. The monoisotopic (exact) mass is 479 g/mol. The number of carbonyl (C=O) groups excluding carboxylic acids is 2. The van der Waals surface area contributed by atoms with Gasteiger partial charge in [0.1, 0.15) is 5.75 Å². The van der Waals surface area contributed by atoms with Gasteiger partial charge >= 0.3 is 0 Å². The van der Waals surface area contributed by atoms with Crippen LogP contribution >= 0.6 is 23.4 Å². The van der Waals surface area contributed by atoms with E-state index in [-0.39, 0.29) is 17.4 Å². The lowest BCUT2D eigenvalue weighted by atomic mass is 9.76. The smallest absolute Gasteiger partial charge is 0.234 e. The van der Waals surface area contributed by atoms with E-state index >= 15 is 0 Å². The molecular weight excluding hydrogens is 458 g/mol. The molecule has 168 valence electrons. The van der Waals surface area contributed by atoms with Gasteiger partial charge in [-0.15, -0.1) is 0 Å². The Morgan fingerprint density at radius 1 is 1.24 bits per heavy atom. The topological polar surface area (TPSA) is 91.2 Å². The lowest BCUT2D eigenvalue weighted by Crippen LogP contribution is -2.32. The molecular formula is C25H22ClN3O3S. The summed E-state index contributed by atoms with van der Waals surface area (Å²) in [6.45, 7) is 0. The number of carbonyl (C=O) groups is 2. The van der Waals surface area contributed by atoms with Crippen molar-refractivity contribution in [2.24, 2.45) is 0 Å². The van der Waals surface area contributed by atoms with Gasteiger partial charge in [-0.3, -0.25) is 9.59 Å². The number of nitrogens with one attached hydrogen (secondary N) is 2. The minimum absolute atomic E-state index is 0.0388. The molecule has 2 aliphatic rings. The number of dihydropyridines is 1. The van der Waals surface area contributed by atoms with Crippen molar-refractivity contribution in [3.8, 4) is 11.8 Å². The molecule has 8 heteroatoms. The molecule has 1 heterocycles. The maximum atomic E-state index is 12.9. The number of ketones is 1. The third-order valence-corrected chi connectivity index (χ3v) is 6.86. The van der Waals surface area contributed by atoms with E-state index in [1.165, 1.54) is 11.8 Å². The molecule has 0 spiro atoms. The second-order valence-corrected chi connectivity index (χ2v) is 9.09. The Balaban J connectivity index is 1.64. The first-order chi connectivity index (χ1) is 16.0. The number of hydrogen-bond acceptors (Lipinski definition) is 6. The van der Waals surface area contributed by atoms with E-state index in [4.69, 9.17) is 16.3 Å². The van der Waals surface area contributed by atoms with E-state index in [0.717, 1.165) is 17.7 Å². The number of benzene rings is 2. The third kappa shape index (κ3) is 4.92. The van der Waals surface area contributed by atoms with Gasteiger partial charge in [0.2, 0.25) is 5.91 Å². The number of para-hydroxylation sites is 1. The van der Waals surface area contributed by atoms with Crippen molar-refractivity contribution in [1.29, 1.82) is 5.26 Å². The summed E-state index contributed by atoms with van der Waals surface area (Å²) in [5.74, 6) is 0.0224. The summed E-state index contributed by atoms with van der Waals surface area (Å²) in [5, 5.41) is 17.4. The van der Waals surface area contributed by atoms with Gasteiger partial charge in [0.15, 0.2) is 5.78 Å². The maximum absolute atomic E-state index is 12.9. The maximum Gasteiger partial charge on any atom is 0.234 e. The number of amides is 1. The SMILES string of the molecule is COc1ccccc1C1C(C#N)=C(SCC(=O)Nc2ccc(Cl)cc2)NC2=C1C(=O)CCC2. The second kappa shape index (κ2) is 10.2. The molecule has 1 amide bonds. The number of rotatable bonds is 6. The summed E-state index contributed by atoms with van der Waals surface area (Å²) in [6.07, 6.45) is 1.92. The highest BCUT2D eigenvalue weighted by molar-refractivity contribution is 8.03. The Bertz CT molecular complexity index is 1200. The van der Waals surface area contributed by atoms with Crippen LogP contribution in [-0.4, -0.2) is 24.6 Å². The molecule has 0 fully saturated rings. The number of thioether (sulfide) groups is 1. The second-order valence-electron chi connectivity index (χ2n) is 7.67. The van der Waals surface area contributed by atoms with E-state index in [1.54, 1.807) is 31.4 Å². The first-order valence-corrected chi connectivity index (χ1v) is 11.9. The Kier molecular flexibility index (Phi) is 7.07. The van der Waals surface area contributed by atoms with Gasteiger partial charge in [-0.25, -0.2) is 0 Å². The number of anilines is 1. The van der Waals surface area contributed by atoms with Crippen LogP contribution in [0.15, 0.2) is 70.4 Å². The molecule has 2 N–H and O–H groups in total. The fraction of sp³-hybridized carbons (Fsp3) is 0.240. The molecule has 33 heavy (non-hydrogen) atoms. The number of ether oxygens (including phenoxy) is 1. The van der Waals surface area contributed by atoms with Crippen LogP contribution in [0.3, 0.4) is 0 Å². The van der Waals surface area contributed by atoms with Gasteiger partial charge in [0.25, 0.3) is 0 Å². The van der Waals surface area contributed by atoms with Crippen molar-refractivity contribution in [3.63, 3.8) is 0 Å². The van der Waals surface area contributed by atoms with Crippen molar-refractivity contribution >= 4 is 40.7 Å². The van der Waals surface area contributed by atoms with Crippen LogP contribution in [0.5, 0.6) is 5.75 Å². The summed E-state index contributed by atoms with van der Waals surface area (Å²) < 4.78 is 5.55. The van der Waals surface area contributed by atoms with Gasteiger partial charge in [-0.1, -0.05) is 41.6 Å². The molecule has 1 aliphatic carbocycles. The van der Waals surface area contributed by atoms with Crippen LogP contribution in [0.4, 0.5) is 5.69 Å². The molecule has 1 atom stereocenters. The molecule has 1 aliphatic heterocycles. The summed E-state index contributed by atoms with van der Waals surface area (Å²) in [5.41, 5.74) is 3.27. The van der Waals surface area contributed by atoms with Crippen LogP contribution in [0.25, 0.3) is 0 Å². The van der Waals surface area contributed by atoms with Crippen LogP contribution < -0.4 is 15.4 Å². The number of nitrogens with zero attached hydrogens (tertiary/aromatic N) is 1. The van der Waals surface area contributed by atoms with E-state index in [1.807, 2.05) is 24.3 Å². The normalized spacial score (nSPS) is 17.7. The predicted molar refractivity (Wildman–Crippen MR) is 130 cm³/mol. The zero-order chi connectivity index (χ0) is 23.4. The number of halogens is 1. The summed E-state index contributed by atoms with van der Waals surface area (Å²) >= 11 is 7.15. The number of Topliss-reactive ketones (excluding diaryl/α,β-unsaturated/α-hetero) is 1. The molecule has 0 aromatic heterocycles. The zero-order valence-electron chi connectivity index (χ0n) is 18.0. The van der Waals surface area contributed by atoms with Crippen molar-refractivity contribution in [3.05, 3.63) is 81.0 Å². The average molecular weight is 480 g/mol. The highest BCUT2D eigenvalue weighted by Gasteiger charge is 2.38. The molecule has 2 aromatic carbocycles. The lowest BCUT2D eigenvalue weighted by molar-refractivity contribution is -0.116. The van der Waals surface area contributed by atoms with E-state index in [2.05, 4.69) is 16.7 Å². The van der Waals surface area contributed by atoms with Gasteiger partial charge < -0.3 is 15.4 Å². The molecule has 6 nitrogen and oxygen atoms in total. The van der Waals surface area contributed by atoms with Crippen LogP contribution in [0.2, 0.25) is 5.02 Å². The first-order valence-electron chi connectivity index (χ1n) is 10.5. The average Bonchev–Trinajstić information content (AvgIpc) is 2.83. The van der Waals surface area contributed by atoms with E-state index in [9.17, 15) is 14.9 Å². The molecule has 2 aromatic rings. The van der Waals surface area contributed by atoms with Crippen molar-refractivity contribution in [2.45, 2.75) is 25.2 Å². The van der Waals surface area contributed by atoms with Gasteiger partial charge in [0, 0.05) is 34.0 Å².